The summed E-state index contributed by atoms with van der Waals surface area (Å²) in [5.41, 5.74) is 10.1. The van der Waals surface area contributed by atoms with E-state index in [2.05, 4.69) is 23.5 Å². The summed E-state index contributed by atoms with van der Waals surface area (Å²) in [7, 11) is 0. The van der Waals surface area contributed by atoms with E-state index in [-0.39, 0.29) is 0 Å². The summed E-state index contributed by atoms with van der Waals surface area (Å²) in [6.07, 6.45) is 2.21. The van der Waals surface area contributed by atoms with E-state index in [0.29, 0.717) is 0 Å². The van der Waals surface area contributed by atoms with E-state index in [4.69, 9.17) is 10.5 Å². The predicted octanol–water partition coefficient (Wildman–Crippen LogP) is 3.21. The van der Waals surface area contributed by atoms with Crippen molar-refractivity contribution in [2.24, 2.45) is 0 Å². The number of rotatable bonds is 3. The number of hydrogen-bond acceptors (Lipinski definition) is 3. The Labute approximate surface area is 113 Å². The Hall–Kier alpha value is -2.16. The van der Waals surface area contributed by atoms with Crippen LogP contribution in [0, 0.1) is 0 Å². The van der Waals surface area contributed by atoms with Crippen LogP contribution in [-0.4, -0.2) is 6.61 Å². The number of nitrogens with two attached hydrogens (primary N) is 1. The molecule has 0 radical (unpaired) electrons. The van der Waals surface area contributed by atoms with Gasteiger partial charge in [0.15, 0.2) is 0 Å². The molecule has 0 bridgehead atoms. The molecule has 0 fully saturated rings. The molecule has 0 atom stereocenters. The molecular weight excluding hydrogens is 236 g/mol. The Morgan fingerprint density at radius 2 is 1.95 bits per heavy atom. The first-order valence-corrected chi connectivity index (χ1v) is 6.65. The maximum Gasteiger partial charge on any atom is 0.122 e. The van der Waals surface area contributed by atoms with Gasteiger partial charge in [-0.15, -0.1) is 0 Å². The highest BCUT2D eigenvalue weighted by Gasteiger charge is 2.10. The Morgan fingerprint density at radius 1 is 1.11 bits per heavy atom. The van der Waals surface area contributed by atoms with E-state index >= 15 is 0 Å². The average molecular weight is 254 g/mol. The first-order valence-electron chi connectivity index (χ1n) is 6.65. The summed E-state index contributed by atoms with van der Waals surface area (Å²) in [5.74, 6) is 1.03. The standard InChI is InChI=1S/C16H18N2O/c17-14-5-3-12(4-6-14)11-18-15-7-8-16-13(10-15)2-1-9-19-16/h3-8,10,18H,1-2,9,11,17H2. The third-order valence-electron chi connectivity index (χ3n) is 3.38. The van der Waals surface area contributed by atoms with Gasteiger partial charge in [0.05, 0.1) is 6.61 Å². The SMILES string of the molecule is Nc1ccc(CNc2ccc3c(c2)CCCO3)cc1. The number of fused-ring (bicyclic) bond motifs is 1. The number of benzene rings is 2. The summed E-state index contributed by atoms with van der Waals surface area (Å²) in [6, 6.07) is 14.3. The third kappa shape index (κ3) is 2.81. The maximum absolute atomic E-state index is 5.68. The van der Waals surface area contributed by atoms with E-state index in [1.165, 1.54) is 11.1 Å². The molecule has 3 N–H and O–H groups in total. The van der Waals surface area contributed by atoms with Gasteiger partial charge >= 0.3 is 0 Å². The van der Waals surface area contributed by atoms with Crippen LogP contribution in [0.5, 0.6) is 5.75 Å². The van der Waals surface area contributed by atoms with Gasteiger partial charge < -0.3 is 15.8 Å². The minimum atomic E-state index is 0.801. The summed E-state index contributed by atoms with van der Waals surface area (Å²) >= 11 is 0. The highest BCUT2D eigenvalue weighted by molar-refractivity contribution is 5.52. The lowest BCUT2D eigenvalue weighted by atomic mass is 10.1. The fraction of sp³-hybridized carbons (Fsp3) is 0.250. The Balaban J connectivity index is 1.68. The molecule has 3 nitrogen and oxygen atoms in total. The fourth-order valence-corrected chi connectivity index (χ4v) is 2.31. The number of hydrogen-bond donors (Lipinski definition) is 2. The highest BCUT2D eigenvalue weighted by Crippen LogP contribution is 2.27. The van der Waals surface area contributed by atoms with Gasteiger partial charge in [0, 0.05) is 17.9 Å². The van der Waals surface area contributed by atoms with E-state index in [0.717, 1.165) is 43.1 Å². The van der Waals surface area contributed by atoms with E-state index in [1.807, 2.05) is 24.3 Å². The summed E-state index contributed by atoms with van der Waals surface area (Å²) in [5, 5.41) is 3.43. The van der Waals surface area contributed by atoms with Crippen molar-refractivity contribution < 1.29 is 4.74 Å². The monoisotopic (exact) mass is 254 g/mol. The second kappa shape index (κ2) is 5.22. The fourth-order valence-electron chi connectivity index (χ4n) is 2.31. The molecule has 0 spiro atoms. The van der Waals surface area contributed by atoms with Gasteiger partial charge in [-0.1, -0.05) is 12.1 Å². The molecule has 0 unspecified atom stereocenters. The van der Waals surface area contributed by atoms with Crippen LogP contribution in [0.2, 0.25) is 0 Å². The average Bonchev–Trinajstić information content (AvgIpc) is 2.46. The smallest absolute Gasteiger partial charge is 0.122 e. The summed E-state index contributed by atoms with van der Waals surface area (Å²) in [6.45, 7) is 1.64. The quantitative estimate of drug-likeness (QED) is 0.827. The van der Waals surface area contributed by atoms with Gasteiger partial charge in [0.2, 0.25) is 0 Å². The normalized spacial score (nSPS) is 13.5. The van der Waals surface area contributed by atoms with Crippen LogP contribution in [0.3, 0.4) is 0 Å². The van der Waals surface area contributed by atoms with Gasteiger partial charge in [-0.05, 0) is 54.3 Å². The number of ether oxygens (including phenoxy) is 1. The lowest BCUT2D eigenvalue weighted by molar-refractivity contribution is 0.288. The molecule has 1 aliphatic rings. The molecule has 98 valence electrons. The molecular formula is C16H18N2O. The second-order valence-electron chi connectivity index (χ2n) is 4.87. The van der Waals surface area contributed by atoms with Gasteiger partial charge in [0.1, 0.15) is 5.75 Å². The van der Waals surface area contributed by atoms with Crippen LogP contribution in [-0.2, 0) is 13.0 Å². The molecule has 3 rings (SSSR count). The van der Waals surface area contributed by atoms with Crippen molar-refractivity contribution in [3.63, 3.8) is 0 Å². The van der Waals surface area contributed by atoms with Crippen molar-refractivity contribution in [3.05, 3.63) is 53.6 Å². The van der Waals surface area contributed by atoms with Crippen LogP contribution in [0.25, 0.3) is 0 Å². The Kier molecular flexibility index (Phi) is 3.27. The van der Waals surface area contributed by atoms with Crippen molar-refractivity contribution in [2.75, 3.05) is 17.7 Å². The number of aryl methyl sites for hydroxylation is 1. The number of nitrogen functional groups attached to an aromatic ring is 1. The Morgan fingerprint density at radius 3 is 2.79 bits per heavy atom. The maximum atomic E-state index is 5.68. The van der Waals surface area contributed by atoms with Crippen molar-refractivity contribution in [2.45, 2.75) is 19.4 Å². The first kappa shape index (κ1) is 11.9. The highest BCUT2D eigenvalue weighted by atomic mass is 16.5. The van der Waals surface area contributed by atoms with Gasteiger partial charge in [0.25, 0.3) is 0 Å². The van der Waals surface area contributed by atoms with Crippen molar-refractivity contribution in [1.82, 2.24) is 0 Å². The molecule has 1 aliphatic heterocycles. The number of nitrogens with one attached hydrogen (secondary N) is 1. The lowest BCUT2D eigenvalue weighted by Crippen LogP contribution is -2.09. The zero-order valence-corrected chi connectivity index (χ0v) is 10.9. The summed E-state index contributed by atoms with van der Waals surface area (Å²) < 4.78 is 5.61. The molecule has 0 aromatic heterocycles. The van der Waals surface area contributed by atoms with Crippen LogP contribution < -0.4 is 15.8 Å². The molecule has 0 aliphatic carbocycles. The zero-order valence-electron chi connectivity index (χ0n) is 10.9. The van der Waals surface area contributed by atoms with Crippen molar-refractivity contribution in [1.29, 1.82) is 0 Å². The molecule has 0 saturated heterocycles. The first-order chi connectivity index (χ1) is 9.31. The topological polar surface area (TPSA) is 47.3 Å². The van der Waals surface area contributed by atoms with Gasteiger partial charge in [-0.3, -0.25) is 0 Å². The van der Waals surface area contributed by atoms with Crippen LogP contribution in [0.4, 0.5) is 11.4 Å². The van der Waals surface area contributed by atoms with Crippen LogP contribution in [0.15, 0.2) is 42.5 Å². The molecule has 2 aromatic carbocycles. The van der Waals surface area contributed by atoms with E-state index < -0.39 is 0 Å². The number of anilines is 2. The van der Waals surface area contributed by atoms with Gasteiger partial charge in [-0.2, -0.15) is 0 Å². The van der Waals surface area contributed by atoms with Gasteiger partial charge in [-0.25, -0.2) is 0 Å². The van der Waals surface area contributed by atoms with Crippen molar-refractivity contribution >= 4 is 11.4 Å². The Bertz CT molecular complexity index is 563. The lowest BCUT2D eigenvalue weighted by Gasteiger charge is -2.18. The zero-order chi connectivity index (χ0) is 13.1. The third-order valence-corrected chi connectivity index (χ3v) is 3.38. The molecule has 3 heteroatoms. The molecule has 1 heterocycles. The molecule has 0 saturated carbocycles. The van der Waals surface area contributed by atoms with E-state index in [9.17, 15) is 0 Å². The largest absolute Gasteiger partial charge is 0.493 e. The molecule has 2 aromatic rings. The molecule has 19 heavy (non-hydrogen) atoms. The minimum absolute atomic E-state index is 0.801. The van der Waals surface area contributed by atoms with Crippen LogP contribution >= 0.6 is 0 Å². The second-order valence-corrected chi connectivity index (χ2v) is 4.87. The van der Waals surface area contributed by atoms with E-state index in [1.54, 1.807) is 0 Å². The predicted molar refractivity (Wildman–Crippen MR) is 78.4 cm³/mol. The van der Waals surface area contributed by atoms with Crippen LogP contribution in [0.1, 0.15) is 17.5 Å². The molecule has 0 amide bonds. The van der Waals surface area contributed by atoms with Crippen molar-refractivity contribution in [3.8, 4) is 5.75 Å². The summed E-state index contributed by atoms with van der Waals surface area (Å²) in [4.78, 5) is 0. The minimum Gasteiger partial charge on any atom is -0.493 e.